The molecule has 1 heterocycles. The van der Waals surface area contributed by atoms with E-state index in [0.717, 1.165) is 10.9 Å². The van der Waals surface area contributed by atoms with E-state index < -0.39 is 0 Å². The van der Waals surface area contributed by atoms with Crippen LogP contribution in [0.25, 0.3) is 10.9 Å². The minimum Gasteiger partial charge on any atom is -0.361 e. The lowest BCUT2D eigenvalue weighted by molar-refractivity contribution is -0.116. The van der Waals surface area contributed by atoms with Gasteiger partial charge in [-0.3, -0.25) is 9.59 Å². The van der Waals surface area contributed by atoms with E-state index in [1.165, 1.54) is 19.1 Å². The summed E-state index contributed by atoms with van der Waals surface area (Å²) in [4.78, 5) is 26.6. The third-order valence-electron chi connectivity index (χ3n) is 3.65. The highest BCUT2D eigenvalue weighted by Gasteiger charge is 2.12. The van der Waals surface area contributed by atoms with E-state index in [1.54, 1.807) is 30.5 Å². The molecule has 0 radical (unpaired) electrons. The van der Waals surface area contributed by atoms with Gasteiger partial charge in [-0.15, -0.1) is 0 Å². The average molecular weight is 360 g/mol. The number of aromatic amines is 1. The SMILES string of the molecule is CC(=O)Nc1cc(Cl)ccc1NC(=O)Cc1c[nH]c2cc(F)ccc12. The zero-order valence-corrected chi connectivity index (χ0v) is 14.1. The zero-order chi connectivity index (χ0) is 18.0. The lowest BCUT2D eigenvalue weighted by Gasteiger charge is -2.12. The van der Waals surface area contributed by atoms with Gasteiger partial charge in [0.05, 0.1) is 17.8 Å². The smallest absolute Gasteiger partial charge is 0.228 e. The minimum atomic E-state index is -0.341. The number of nitrogens with one attached hydrogen (secondary N) is 3. The van der Waals surface area contributed by atoms with E-state index in [1.807, 2.05) is 0 Å². The Balaban J connectivity index is 1.79. The van der Waals surface area contributed by atoms with E-state index >= 15 is 0 Å². The molecule has 0 aliphatic heterocycles. The molecular formula is C18H15ClFN3O2. The summed E-state index contributed by atoms with van der Waals surface area (Å²) in [7, 11) is 0. The van der Waals surface area contributed by atoms with Crippen molar-refractivity contribution in [3.8, 4) is 0 Å². The molecule has 0 bridgehead atoms. The van der Waals surface area contributed by atoms with Gasteiger partial charge >= 0.3 is 0 Å². The average Bonchev–Trinajstić information content (AvgIpc) is 2.91. The molecule has 2 amide bonds. The fourth-order valence-electron chi connectivity index (χ4n) is 2.59. The Bertz CT molecular complexity index is 968. The number of rotatable bonds is 4. The summed E-state index contributed by atoms with van der Waals surface area (Å²) in [5.74, 6) is -0.873. The highest BCUT2D eigenvalue weighted by molar-refractivity contribution is 6.31. The largest absolute Gasteiger partial charge is 0.361 e. The summed E-state index contributed by atoms with van der Waals surface area (Å²) in [6.45, 7) is 1.37. The van der Waals surface area contributed by atoms with Crippen molar-refractivity contribution in [2.24, 2.45) is 0 Å². The maximum Gasteiger partial charge on any atom is 0.228 e. The van der Waals surface area contributed by atoms with E-state index in [4.69, 9.17) is 11.6 Å². The summed E-state index contributed by atoms with van der Waals surface area (Å²) in [6, 6.07) is 9.17. The second-order valence-corrected chi connectivity index (χ2v) is 6.04. The molecule has 5 nitrogen and oxygen atoms in total. The van der Waals surface area contributed by atoms with Crippen LogP contribution >= 0.6 is 11.6 Å². The van der Waals surface area contributed by atoms with Gasteiger partial charge in [-0.05, 0) is 42.0 Å². The number of H-pyrrole nitrogens is 1. The molecule has 7 heteroatoms. The van der Waals surface area contributed by atoms with Gasteiger partial charge in [0.2, 0.25) is 11.8 Å². The monoisotopic (exact) mass is 359 g/mol. The first-order chi connectivity index (χ1) is 11.9. The predicted molar refractivity (Wildman–Crippen MR) is 96.3 cm³/mol. The fraction of sp³-hybridized carbons (Fsp3) is 0.111. The molecular weight excluding hydrogens is 345 g/mol. The molecule has 3 N–H and O–H groups in total. The Morgan fingerprint density at radius 2 is 1.92 bits per heavy atom. The van der Waals surface area contributed by atoms with Crippen LogP contribution < -0.4 is 10.6 Å². The third kappa shape index (κ3) is 3.97. The lowest BCUT2D eigenvalue weighted by atomic mass is 10.1. The minimum absolute atomic E-state index is 0.105. The standard InChI is InChI=1S/C18H15ClFN3O2/c1-10(24)22-17-7-12(19)2-5-15(17)23-18(25)6-11-9-21-16-8-13(20)3-4-14(11)16/h2-5,7-9,21H,6H2,1H3,(H,22,24)(H,23,25). The predicted octanol–water partition coefficient (Wildman–Crippen LogP) is 4.10. The van der Waals surface area contributed by atoms with Gasteiger partial charge < -0.3 is 15.6 Å². The zero-order valence-electron chi connectivity index (χ0n) is 13.3. The Morgan fingerprint density at radius 1 is 1.12 bits per heavy atom. The van der Waals surface area contributed by atoms with Gasteiger partial charge in [-0.25, -0.2) is 4.39 Å². The number of amides is 2. The van der Waals surface area contributed by atoms with Gasteiger partial charge in [0.1, 0.15) is 5.82 Å². The molecule has 2 aromatic carbocycles. The number of benzene rings is 2. The van der Waals surface area contributed by atoms with Crippen molar-refractivity contribution in [2.75, 3.05) is 10.6 Å². The highest BCUT2D eigenvalue weighted by atomic mass is 35.5. The molecule has 3 aromatic rings. The maximum atomic E-state index is 13.2. The van der Waals surface area contributed by atoms with Crippen molar-refractivity contribution in [1.82, 2.24) is 4.98 Å². The number of carbonyl (C=O) groups is 2. The van der Waals surface area contributed by atoms with Crippen molar-refractivity contribution in [3.05, 3.63) is 59.0 Å². The molecule has 0 saturated carbocycles. The van der Waals surface area contributed by atoms with Crippen molar-refractivity contribution in [2.45, 2.75) is 13.3 Å². The third-order valence-corrected chi connectivity index (χ3v) is 3.88. The number of hydrogen-bond donors (Lipinski definition) is 3. The molecule has 0 aliphatic carbocycles. The van der Waals surface area contributed by atoms with Gasteiger partial charge in [-0.2, -0.15) is 0 Å². The molecule has 0 atom stereocenters. The Labute approximate surface area is 148 Å². The number of carbonyl (C=O) groups excluding carboxylic acids is 2. The first-order valence-electron chi connectivity index (χ1n) is 7.55. The van der Waals surface area contributed by atoms with E-state index in [9.17, 15) is 14.0 Å². The summed E-state index contributed by atoms with van der Waals surface area (Å²) in [5, 5.41) is 6.62. The number of hydrogen-bond acceptors (Lipinski definition) is 2. The van der Waals surface area contributed by atoms with Crippen LogP contribution in [0.3, 0.4) is 0 Å². The van der Waals surface area contributed by atoms with Crippen molar-refractivity contribution >= 4 is 45.7 Å². The molecule has 128 valence electrons. The van der Waals surface area contributed by atoms with E-state index in [0.29, 0.717) is 21.9 Å². The molecule has 0 unspecified atom stereocenters. The highest BCUT2D eigenvalue weighted by Crippen LogP contribution is 2.26. The van der Waals surface area contributed by atoms with Gasteiger partial charge in [0.25, 0.3) is 0 Å². The quantitative estimate of drug-likeness (QED) is 0.656. The van der Waals surface area contributed by atoms with Crippen molar-refractivity contribution < 1.29 is 14.0 Å². The van der Waals surface area contributed by atoms with Crippen LogP contribution in [0, 0.1) is 5.82 Å². The van der Waals surface area contributed by atoms with Gasteiger partial charge in [-0.1, -0.05) is 11.6 Å². The molecule has 0 spiro atoms. The van der Waals surface area contributed by atoms with Crippen LogP contribution in [0.2, 0.25) is 5.02 Å². The Morgan fingerprint density at radius 3 is 2.68 bits per heavy atom. The second-order valence-electron chi connectivity index (χ2n) is 5.60. The molecule has 0 saturated heterocycles. The van der Waals surface area contributed by atoms with Crippen LogP contribution in [-0.2, 0) is 16.0 Å². The maximum absolute atomic E-state index is 13.2. The van der Waals surface area contributed by atoms with Crippen molar-refractivity contribution in [1.29, 1.82) is 0 Å². The van der Waals surface area contributed by atoms with Crippen LogP contribution in [-0.4, -0.2) is 16.8 Å². The fourth-order valence-corrected chi connectivity index (χ4v) is 2.76. The molecule has 0 fully saturated rings. The van der Waals surface area contributed by atoms with Gasteiger partial charge in [0, 0.05) is 29.0 Å². The van der Waals surface area contributed by atoms with E-state index in [-0.39, 0.29) is 24.1 Å². The van der Waals surface area contributed by atoms with Crippen molar-refractivity contribution in [3.63, 3.8) is 0 Å². The van der Waals surface area contributed by atoms with Crippen LogP contribution in [0.15, 0.2) is 42.6 Å². The topological polar surface area (TPSA) is 74.0 Å². The van der Waals surface area contributed by atoms with Crippen LogP contribution in [0.1, 0.15) is 12.5 Å². The first-order valence-corrected chi connectivity index (χ1v) is 7.92. The van der Waals surface area contributed by atoms with Gasteiger partial charge in [0.15, 0.2) is 0 Å². The summed E-state index contributed by atoms with van der Waals surface area (Å²) >= 11 is 5.93. The summed E-state index contributed by atoms with van der Waals surface area (Å²) in [6.07, 6.45) is 1.79. The number of anilines is 2. The molecule has 1 aromatic heterocycles. The Hall–Kier alpha value is -2.86. The second kappa shape index (κ2) is 6.94. The Kier molecular flexibility index (Phi) is 4.72. The molecule has 3 rings (SSSR count). The number of fused-ring (bicyclic) bond motifs is 1. The summed E-state index contributed by atoms with van der Waals surface area (Å²) in [5.41, 5.74) is 2.26. The first kappa shape index (κ1) is 17.0. The number of aromatic nitrogens is 1. The summed E-state index contributed by atoms with van der Waals surface area (Å²) < 4.78 is 13.2. The lowest BCUT2D eigenvalue weighted by Crippen LogP contribution is -2.16. The van der Waals surface area contributed by atoms with E-state index in [2.05, 4.69) is 15.6 Å². The van der Waals surface area contributed by atoms with Crippen LogP contribution in [0.5, 0.6) is 0 Å². The van der Waals surface area contributed by atoms with Crippen LogP contribution in [0.4, 0.5) is 15.8 Å². The number of halogens is 2. The molecule has 0 aliphatic rings. The molecule has 25 heavy (non-hydrogen) atoms. The normalized spacial score (nSPS) is 10.7.